The molecule has 1 aromatic heterocycles. The quantitative estimate of drug-likeness (QED) is 0.894. The van der Waals surface area contributed by atoms with Gasteiger partial charge in [-0.05, 0) is 31.2 Å². The third kappa shape index (κ3) is 3.06. The maximum Gasteiger partial charge on any atom is 0.248 e. The minimum atomic E-state index is -0.337. The van der Waals surface area contributed by atoms with Crippen LogP contribution < -0.4 is 10.6 Å². The Morgan fingerprint density at radius 3 is 2.63 bits per heavy atom. The zero-order chi connectivity index (χ0) is 13.8. The first-order chi connectivity index (χ1) is 9.10. The number of benzene rings is 1. The molecule has 0 bridgehead atoms. The largest absolute Gasteiger partial charge is 0.367 e. The Bertz CT molecular complexity index is 566. The predicted molar refractivity (Wildman–Crippen MR) is 68.9 cm³/mol. The van der Waals surface area contributed by atoms with Gasteiger partial charge in [-0.1, -0.05) is 0 Å². The van der Waals surface area contributed by atoms with Gasteiger partial charge in [-0.25, -0.2) is 14.1 Å². The Morgan fingerprint density at radius 2 is 2.11 bits per heavy atom. The number of nitrogens with zero attached hydrogens (tertiary/aromatic N) is 4. The highest BCUT2D eigenvalue weighted by molar-refractivity contribution is 5.93. The van der Waals surface area contributed by atoms with Crippen LogP contribution in [0.2, 0.25) is 0 Å². The lowest BCUT2D eigenvalue weighted by molar-refractivity contribution is -0.119. The molecule has 0 radical (unpaired) electrons. The Kier molecular flexibility index (Phi) is 3.74. The summed E-state index contributed by atoms with van der Waals surface area (Å²) in [7, 11) is 0. The molecule has 2 N–H and O–H groups in total. The second-order valence-corrected chi connectivity index (χ2v) is 3.91. The van der Waals surface area contributed by atoms with Crippen LogP contribution in [0.4, 0.5) is 16.0 Å². The van der Waals surface area contributed by atoms with Crippen LogP contribution >= 0.6 is 0 Å². The van der Waals surface area contributed by atoms with Gasteiger partial charge in [-0.3, -0.25) is 4.79 Å². The minimum Gasteiger partial charge on any atom is -0.367 e. The van der Waals surface area contributed by atoms with Crippen molar-refractivity contribution in [2.75, 3.05) is 17.2 Å². The van der Waals surface area contributed by atoms with Crippen molar-refractivity contribution in [2.24, 2.45) is 0 Å². The molecule has 100 valence electrons. The van der Waals surface area contributed by atoms with Crippen molar-refractivity contribution >= 4 is 17.5 Å². The third-order valence-corrected chi connectivity index (χ3v) is 2.61. The summed E-state index contributed by atoms with van der Waals surface area (Å²) in [6.45, 7) is 2.36. The molecule has 0 aliphatic carbocycles. The van der Waals surface area contributed by atoms with Gasteiger partial charge in [0.15, 0.2) is 0 Å². The van der Waals surface area contributed by atoms with Crippen LogP contribution in [-0.4, -0.2) is 27.2 Å². The Hall–Kier alpha value is -2.44. The number of hydrogen-bond acceptors (Lipinski definition) is 4. The van der Waals surface area contributed by atoms with Gasteiger partial charge in [0.25, 0.3) is 0 Å². The molecule has 2 rings (SSSR count). The van der Waals surface area contributed by atoms with E-state index in [1.165, 1.54) is 28.0 Å². The van der Waals surface area contributed by atoms with E-state index in [-0.39, 0.29) is 24.2 Å². The van der Waals surface area contributed by atoms with Crippen molar-refractivity contribution in [3.05, 3.63) is 36.4 Å². The van der Waals surface area contributed by atoms with E-state index in [9.17, 15) is 9.18 Å². The van der Waals surface area contributed by atoms with E-state index in [4.69, 9.17) is 5.73 Å². The number of likely N-dealkylation sites (N-methyl/N-ethyl adjacent to an activating group) is 1. The molecule has 1 aromatic carbocycles. The zero-order valence-corrected chi connectivity index (χ0v) is 10.5. The summed E-state index contributed by atoms with van der Waals surface area (Å²) in [6.07, 6.45) is 1.39. The summed E-state index contributed by atoms with van der Waals surface area (Å²) < 4.78 is 14.2. The van der Waals surface area contributed by atoms with Crippen LogP contribution in [0.5, 0.6) is 0 Å². The van der Waals surface area contributed by atoms with Crippen molar-refractivity contribution in [3.63, 3.8) is 0 Å². The van der Waals surface area contributed by atoms with Crippen molar-refractivity contribution < 1.29 is 9.18 Å². The number of nitrogens with two attached hydrogens (primary N) is 1. The Balaban J connectivity index is 2.13. The first-order valence-corrected chi connectivity index (χ1v) is 5.81. The fourth-order valence-electron chi connectivity index (χ4n) is 1.73. The number of anilines is 2. The van der Waals surface area contributed by atoms with Crippen LogP contribution in [0, 0.1) is 5.82 Å². The lowest BCUT2D eigenvalue weighted by Gasteiger charge is -2.20. The number of amides is 1. The van der Waals surface area contributed by atoms with Crippen LogP contribution in [0.1, 0.15) is 6.92 Å². The molecule has 1 amide bonds. The molecule has 0 fully saturated rings. The van der Waals surface area contributed by atoms with E-state index in [0.29, 0.717) is 12.2 Å². The molecule has 0 unspecified atom stereocenters. The number of halogens is 1. The molecule has 7 heteroatoms. The molecule has 1 heterocycles. The van der Waals surface area contributed by atoms with E-state index in [2.05, 4.69) is 10.1 Å². The number of aromatic nitrogens is 3. The average molecular weight is 263 g/mol. The third-order valence-electron chi connectivity index (χ3n) is 2.61. The van der Waals surface area contributed by atoms with Crippen molar-refractivity contribution in [1.82, 2.24) is 14.8 Å². The second-order valence-electron chi connectivity index (χ2n) is 3.91. The van der Waals surface area contributed by atoms with Gasteiger partial charge in [0.2, 0.25) is 11.9 Å². The highest BCUT2D eigenvalue weighted by Crippen LogP contribution is 2.15. The summed E-state index contributed by atoms with van der Waals surface area (Å²) in [5.74, 6) is -0.382. The van der Waals surface area contributed by atoms with Crippen LogP contribution in [0.25, 0.3) is 0 Å². The molecule has 0 spiro atoms. The van der Waals surface area contributed by atoms with Crippen LogP contribution in [0.15, 0.2) is 30.6 Å². The van der Waals surface area contributed by atoms with E-state index in [1.54, 1.807) is 12.1 Å². The smallest absolute Gasteiger partial charge is 0.248 e. The summed E-state index contributed by atoms with van der Waals surface area (Å²) in [4.78, 5) is 17.4. The van der Waals surface area contributed by atoms with Crippen LogP contribution in [0.3, 0.4) is 0 Å². The molecule has 0 aliphatic heterocycles. The van der Waals surface area contributed by atoms with Gasteiger partial charge >= 0.3 is 0 Å². The highest BCUT2D eigenvalue weighted by atomic mass is 19.1. The van der Waals surface area contributed by atoms with Gasteiger partial charge in [-0.2, -0.15) is 0 Å². The summed E-state index contributed by atoms with van der Waals surface area (Å²) >= 11 is 0. The zero-order valence-electron chi connectivity index (χ0n) is 10.5. The van der Waals surface area contributed by atoms with Crippen LogP contribution in [-0.2, 0) is 11.3 Å². The number of nitrogen functional groups attached to an aromatic ring is 1. The number of rotatable bonds is 4. The number of hydrogen-bond donors (Lipinski definition) is 1. The SMILES string of the molecule is CCN(C(=O)Cn1cnc(N)n1)c1ccc(F)cc1. The molecular weight excluding hydrogens is 249 g/mol. The molecular formula is C12H14FN5O. The molecule has 0 aliphatic rings. The normalized spacial score (nSPS) is 10.4. The molecule has 6 nitrogen and oxygen atoms in total. The lowest BCUT2D eigenvalue weighted by Crippen LogP contribution is -2.33. The van der Waals surface area contributed by atoms with Crippen molar-refractivity contribution in [1.29, 1.82) is 0 Å². The Morgan fingerprint density at radius 1 is 1.42 bits per heavy atom. The monoisotopic (exact) mass is 263 g/mol. The number of carbonyl (C=O) groups is 1. The van der Waals surface area contributed by atoms with E-state index >= 15 is 0 Å². The summed E-state index contributed by atoms with van der Waals surface area (Å²) in [5.41, 5.74) is 6.02. The Labute approximate surface area is 109 Å². The van der Waals surface area contributed by atoms with Gasteiger partial charge in [0.1, 0.15) is 18.7 Å². The average Bonchev–Trinajstić information content (AvgIpc) is 2.78. The van der Waals surface area contributed by atoms with E-state index < -0.39 is 0 Å². The first-order valence-electron chi connectivity index (χ1n) is 5.81. The molecule has 19 heavy (non-hydrogen) atoms. The van der Waals surface area contributed by atoms with Gasteiger partial charge in [-0.15, -0.1) is 5.10 Å². The molecule has 0 atom stereocenters. The summed E-state index contributed by atoms with van der Waals surface area (Å²) in [6, 6.07) is 5.76. The second kappa shape index (κ2) is 5.47. The number of carbonyl (C=O) groups excluding carboxylic acids is 1. The summed E-state index contributed by atoms with van der Waals surface area (Å²) in [5, 5.41) is 3.85. The molecule has 0 saturated heterocycles. The standard InChI is InChI=1S/C12H14FN5O/c1-2-18(10-5-3-9(13)4-6-10)11(19)7-17-8-15-12(14)16-17/h3-6,8H,2,7H2,1H3,(H2,14,16). The predicted octanol–water partition coefficient (Wildman–Crippen LogP) is 1.05. The maximum absolute atomic E-state index is 12.9. The van der Waals surface area contributed by atoms with Gasteiger partial charge in [0, 0.05) is 12.2 Å². The van der Waals surface area contributed by atoms with E-state index in [1.807, 2.05) is 6.92 Å². The lowest BCUT2D eigenvalue weighted by atomic mass is 10.2. The van der Waals surface area contributed by atoms with Gasteiger partial charge < -0.3 is 10.6 Å². The van der Waals surface area contributed by atoms with Crippen molar-refractivity contribution in [2.45, 2.75) is 13.5 Å². The molecule has 0 saturated carbocycles. The van der Waals surface area contributed by atoms with E-state index in [0.717, 1.165) is 0 Å². The maximum atomic E-state index is 12.9. The minimum absolute atomic E-state index is 0.0371. The highest BCUT2D eigenvalue weighted by Gasteiger charge is 2.15. The fourth-order valence-corrected chi connectivity index (χ4v) is 1.73. The fraction of sp³-hybridized carbons (Fsp3) is 0.250. The van der Waals surface area contributed by atoms with Crippen molar-refractivity contribution in [3.8, 4) is 0 Å². The molecule has 2 aromatic rings. The van der Waals surface area contributed by atoms with Gasteiger partial charge in [0.05, 0.1) is 0 Å². The first kappa shape index (κ1) is 13.0. The topological polar surface area (TPSA) is 77.0 Å².